The molecular weight excluding hydrogens is 507 g/mol. The van der Waals surface area contributed by atoms with Crippen molar-refractivity contribution in [3.63, 3.8) is 0 Å². The third-order valence-electron chi connectivity index (χ3n) is 3.51. The van der Waals surface area contributed by atoms with Crippen molar-refractivity contribution in [2.45, 2.75) is 39.5 Å². The monoisotopic (exact) mass is 535 g/mol. The number of halogens is 3. The van der Waals surface area contributed by atoms with Gasteiger partial charge in [-0.25, -0.2) is 13.4 Å². The van der Waals surface area contributed by atoms with E-state index >= 15 is 0 Å². The Labute approximate surface area is 182 Å². The van der Waals surface area contributed by atoms with Crippen LogP contribution in [0.25, 0.3) is 0 Å². The molecule has 2 N–H and O–H groups in total. The van der Waals surface area contributed by atoms with Crippen LogP contribution in [0.5, 0.6) is 11.5 Å². The lowest BCUT2D eigenvalue weighted by Crippen LogP contribution is -2.42. The summed E-state index contributed by atoms with van der Waals surface area (Å²) < 4.78 is 57.0. The molecule has 0 aromatic heterocycles. The standard InChI is InChI=1S/C17H27F2N3O4S.HI/c1-5-20-17(22-12(2)8-9-27(4,23)24)21-11-13-6-7-14(25-3)15(10-13)26-16(18)19;/h6-7,10,12,16H,5,8-9,11H2,1-4H3,(H2,20,21,22);1H. The van der Waals surface area contributed by atoms with Crippen molar-refractivity contribution < 1.29 is 26.7 Å². The number of alkyl halides is 2. The highest BCUT2D eigenvalue weighted by Gasteiger charge is 2.12. The van der Waals surface area contributed by atoms with Crippen molar-refractivity contribution in [2.75, 3.05) is 25.7 Å². The Morgan fingerprint density at radius 2 is 1.96 bits per heavy atom. The van der Waals surface area contributed by atoms with Crippen LogP contribution >= 0.6 is 24.0 Å². The van der Waals surface area contributed by atoms with E-state index in [1.807, 2.05) is 13.8 Å². The highest BCUT2D eigenvalue weighted by Crippen LogP contribution is 2.29. The number of nitrogens with zero attached hydrogens (tertiary/aromatic N) is 1. The summed E-state index contributed by atoms with van der Waals surface area (Å²) in [5.74, 6) is 0.737. The van der Waals surface area contributed by atoms with Crippen molar-refractivity contribution in [1.29, 1.82) is 0 Å². The lowest BCUT2D eigenvalue weighted by atomic mass is 10.2. The van der Waals surface area contributed by atoms with Gasteiger partial charge in [0.25, 0.3) is 0 Å². The number of rotatable bonds is 10. The molecule has 0 amide bonds. The van der Waals surface area contributed by atoms with Gasteiger partial charge >= 0.3 is 6.61 Å². The maximum absolute atomic E-state index is 12.5. The Bertz CT molecular complexity index is 733. The number of hydrogen-bond donors (Lipinski definition) is 2. The highest BCUT2D eigenvalue weighted by molar-refractivity contribution is 14.0. The van der Waals surface area contributed by atoms with Gasteiger partial charge in [-0.3, -0.25) is 0 Å². The summed E-state index contributed by atoms with van der Waals surface area (Å²) in [6.45, 7) is 1.65. The second-order valence-corrected chi connectivity index (χ2v) is 8.28. The van der Waals surface area contributed by atoms with Crippen LogP contribution in [0.4, 0.5) is 8.78 Å². The maximum Gasteiger partial charge on any atom is 0.387 e. The fourth-order valence-electron chi connectivity index (χ4n) is 2.19. The zero-order valence-electron chi connectivity index (χ0n) is 16.4. The summed E-state index contributed by atoms with van der Waals surface area (Å²) in [7, 11) is -1.66. The highest BCUT2D eigenvalue weighted by atomic mass is 127. The summed E-state index contributed by atoms with van der Waals surface area (Å²) in [6, 6.07) is 4.59. The van der Waals surface area contributed by atoms with Crippen LogP contribution in [0.3, 0.4) is 0 Å². The van der Waals surface area contributed by atoms with E-state index in [4.69, 9.17) is 4.74 Å². The first-order valence-electron chi connectivity index (χ1n) is 8.49. The maximum atomic E-state index is 12.5. The second-order valence-electron chi connectivity index (χ2n) is 6.02. The third-order valence-corrected chi connectivity index (χ3v) is 4.49. The SMILES string of the molecule is CCNC(=NCc1ccc(OC)c(OC(F)F)c1)NC(C)CCS(C)(=O)=O.I. The van der Waals surface area contributed by atoms with E-state index < -0.39 is 16.4 Å². The number of aliphatic imine (C=N–C) groups is 1. The van der Waals surface area contributed by atoms with Crippen molar-refractivity contribution >= 4 is 39.8 Å². The predicted octanol–water partition coefficient (Wildman–Crippen LogP) is 2.79. The van der Waals surface area contributed by atoms with Gasteiger partial charge in [0, 0.05) is 18.8 Å². The van der Waals surface area contributed by atoms with E-state index in [-0.39, 0.29) is 53.8 Å². The van der Waals surface area contributed by atoms with E-state index in [9.17, 15) is 17.2 Å². The molecule has 0 spiro atoms. The van der Waals surface area contributed by atoms with Gasteiger partial charge in [-0.15, -0.1) is 24.0 Å². The zero-order chi connectivity index (χ0) is 20.4. The Hall–Kier alpha value is -1.37. The van der Waals surface area contributed by atoms with Gasteiger partial charge in [-0.2, -0.15) is 8.78 Å². The van der Waals surface area contributed by atoms with Gasteiger partial charge in [-0.1, -0.05) is 6.07 Å². The van der Waals surface area contributed by atoms with E-state index in [0.717, 1.165) is 0 Å². The molecule has 0 aliphatic carbocycles. The molecule has 7 nitrogen and oxygen atoms in total. The number of nitrogens with one attached hydrogen (secondary N) is 2. The van der Waals surface area contributed by atoms with E-state index in [0.29, 0.717) is 24.5 Å². The molecule has 0 aliphatic rings. The molecule has 0 radical (unpaired) electrons. The van der Waals surface area contributed by atoms with Crippen molar-refractivity contribution in [3.05, 3.63) is 23.8 Å². The summed E-state index contributed by atoms with van der Waals surface area (Å²) in [5, 5.41) is 6.19. The van der Waals surface area contributed by atoms with Crippen LogP contribution in [0.1, 0.15) is 25.8 Å². The fraction of sp³-hybridized carbons (Fsp3) is 0.588. The summed E-state index contributed by atoms with van der Waals surface area (Å²) in [6.07, 6.45) is 1.64. The number of methoxy groups -OCH3 is 1. The van der Waals surface area contributed by atoms with Gasteiger partial charge in [0.05, 0.1) is 19.4 Å². The summed E-state index contributed by atoms with van der Waals surface area (Å²) >= 11 is 0. The van der Waals surface area contributed by atoms with E-state index in [1.54, 1.807) is 6.07 Å². The number of ether oxygens (including phenoxy) is 2. The van der Waals surface area contributed by atoms with Gasteiger partial charge < -0.3 is 20.1 Å². The average molecular weight is 535 g/mol. The lowest BCUT2D eigenvalue weighted by Gasteiger charge is -2.17. The summed E-state index contributed by atoms with van der Waals surface area (Å²) in [4.78, 5) is 4.40. The van der Waals surface area contributed by atoms with Crippen LogP contribution in [-0.4, -0.2) is 52.7 Å². The van der Waals surface area contributed by atoms with Gasteiger partial charge in [0.15, 0.2) is 17.5 Å². The van der Waals surface area contributed by atoms with Gasteiger partial charge in [0.1, 0.15) is 9.84 Å². The third kappa shape index (κ3) is 10.8. The molecule has 1 aromatic rings. The van der Waals surface area contributed by atoms with Gasteiger partial charge in [-0.05, 0) is 38.0 Å². The number of guanidine groups is 1. The molecular formula is C17H28F2IN3O4S. The van der Waals surface area contributed by atoms with E-state index in [2.05, 4.69) is 20.4 Å². The molecule has 0 bridgehead atoms. The molecule has 1 rings (SSSR count). The Morgan fingerprint density at radius 3 is 2.50 bits per heavy atom. The molecule has 0 heterocycles. The number of benzene rings is 1. The van der Waals surface area contributed by atoms with Crippen LogP contribution in [0.2, 0.25) is 0 Å². The zero-order valence-corrected chi connectivity index (χ0v) is 19.5. The molecule has 28 heavy (non-hydrogen) atoms. The number of hydrogen-bond acceptors (Lipinski definition) is 5. The minimum absolute atomic E-state index is 0. The first-order valence-corrected chi connectivity index (χ1v) is 10.5. The summed E-state index contributed by atoms with van der Waals surface area (Å²) in [5.41, 5.74) is 0.660. The van der Waals surface area contributed by atoms with Crippen molar-refractivity contribution in [3.8, 4) is 11.5 Å². The Morgan fingerprint density at radius 1 is 1.29 bits per heavy atom. The van der Waals surface area contributed by atoms with Crippen LogP contribution in [-0.2, 0) is 16.4 Å². The predicted molar refractivity (Wildman–Crippen MR) is 117 cm³/mol. The van der Waals surface area contributed by atoms with Crippen molar-refractivity contribution in [1.82, 2.24) is 10.6 Å². The molecule has 0 fully saturated rings. The van der Waals surface area contributed by atoms with Crippen LogP contribution < -0.4 is 20.1 Å². The van der Waals surface area contributed by atoms with Gasteiger partial charge in [0.2, 0.25) is 0 Å². The second kappa shape index (κ2) is 13.0. The number of sulfone groups is 1. The molecule has 1 atom stereocenters. The lowest BCUT2D eigenvalue weighted by molar-refractivity contribution is -0.0512. The molecule has 0 saturated carbocycles. The fourth-order valence-corrected chi connectivity index (χ4v) is 2.98. The molecule has 162 valence electrons. The normalized spacial score (nSPS) is 12.9. The molecule has 1 aromatic carbocycles. The van der Waals surface area contributed by atoms with Crippen LogP contribution in [0, 0.1) is 0 Å². The molecule has 0 saturated heterocycles. The smallest absolute Gasteiger partial charge is 0.387 e. The Kier molecular flexibility index (Phi) is 12.3. The minimum Gasteiger partial charge on any atom is -0.493 e. The first-order chi connectivity index (χ1) is 12.6. The quantitative estimate of drug-likeness (QED) is 0.272. The van der Waals surface area contributed by atoms with Crippen molar-refractivity contribution in [2.24, 2.45) is 4.99 Å². The minimum atomic E-state index is -3.03. The first kappa shape index (κ1) is 26.6. The largest absolute Gasteiger partial charge is 0.493 e. The molecule has 1 unspecified atom stereocenters. The molecule has 11 heteroatoms. The molecule has 0 aliphatic heterocycles. The average Bonchev–Trinajstić information content (AvgIpc) is 2.57. The van der Waals surface area contributed by atoms with E-state index in [1.165, 1.54) is 25.5 Å². The topological polar surface area (TPSA) is 89.0 Å². The van der Waals surface area contributed by atoms with Crippen LogP contribution in [0.15, 0.2) is 23.2 Å². The Balaban J connectivity index is 0.00000729.